The number of hydrogen-bond acceptors (Lipinski definition) is 3. The van der Waals surface area contributed by atoms with Crippen LogP contribution in [0.2, 0.25) is 0 Å². The van der Waals surface area contributed by atoms with Crippen molar-refractivity contribution in [3.8, 4) is 11.5 Å². The van der Waals surface area contributed by atoms with Crippen LogP contribution in [0, 0.1) is 0 Å². The number of rotatable bonds is 7. The minimum Gasteiger partial charge on any atom is -0.488 e. The third-order valence-corrected chi connectivity index (χ3v) is 3.25. The molecule has 0 aliphatic rings. The van der Waals surface area contributed by atoms with E-state index in [9.17, 15) is 0 Å². The van der Waals surface area contributed by atoms with E-state index in [1.165, 1.54) is 0 Å². The minimum absolute atomic E-state index is 0.530. The zero-order valence-electron chi connectivity index (χ0n) is 12.3. The summed E-state index contributed by atoms with van der Waals surface area (Å²) in [6.45, 7) is 1.86. The first-order valence-electron chi connectivity index (χ1n) is 7.26. The Bertz CT molecular complexity index is 681. The third-order valence-electron chi connectivity index (χ3n) is 3.25. The summed E-state index contributed by atoms with van der Waals surface area (Å²) in [4.78, 5) is 4.01. The molecule has 1 heterocycles. The van der Waals surface area contributed by atoms with Gasteiger partial charge in [-0.1, -0.05) is 42.5 Å². The van der Waals surface area contributed by atoms with Gasteiger partial charge in [-0.2, -0.15) is 0 Å². The van der Waals surface area contributed by atoms with E-state index in [1.54, 1.807) is 12.5 Å². The molecule has 0 spiro atoms. The van der Waals surface area contributed by atoms with Crippen molar-refractivity contribution in [2.45, 2.75) is 13.2 Å². The lowest BCUT2D eigenvalue weighted by atomic mass is 10.2. The van der Waals surface area contributed by atoms with Crippen molar-refractivity contribution in [2.24, 2.45) is 0 Å². The molecule has 0 atom stereocenters. The van der Waals surface area contributed by atoms with Gasteiger partial charge in [0.25, 0.3) is 0 Å². The number of hydrogen-bond donors (Lipinski definition) is 0. The molecule has 112 valence electrons. The normalized spacial score (nSPS) is 10.4. The predicted molar refractivity (Wildman–Crippen MR) is 84.9 cm³/mol. The van der Waals surface area contributed by atoms with E-state index in [-0.39, 0.29) is 0 Å². The molecule has 0 amide bonds. The van der Waals surface area contributed by atoms with Gasteiger partial charge in [0.15, 0.2) is 11.5 Å². The Kier molecular flexibility index (Phi) is 4.72. The molecule has 2 aromatic carbocycles. The molecule has 1 aromatic heterocycles. The van der Waals surface area contributed by atoms with Gasteiger partial charge in [0, 0.05) is 12.4 Å². The van der Waals surface area contributed by atoms with Crippen molar-refractivity contribution in [1.82, 2.24) is 9.55 Å². The lowest BCUT2D eigenvalue weighted by molar-refractivity contribution is 0.254. The number of ether oxygens (including phenoxy) is 2. The van der Waals surface area contributed by atoms with E-state index < -0.39 is 0 Å². The lowest BCUT2D eigenvalue weighted by Crippen LogP contribution is -2.07. The second-order valence-electron chi connectivity index (χ2n) is 4.87. The summed E-state index contributed by atoms with van der Waals surface area (Å²) in [5, 5.41) is 0. The average molecular weight is 294 g/mol. The van der Waals surface area contributed by atoms with Crippen molar-refractivity contribution >= 4 is 0 Å². The van der Waals surface area contributed by atoms with Crippen LogP contribution in [-0.4, -0.2) is 16.2 Å². The van der Waals surface area contributed by atoms with Crippen LogP contribution in [0.15, 0.2) is 73.3 Å². The van der Waals surface area contributed by atoms with Gasteiger partial charge < -0.3 is 14.0 Å². The molecule has 4 heteroatoms. The van der Waals surface area contributed by atoms with Crippen LogP contribution in [0.5, 0.6) is 11.5 Å². The van der Waals surface area contributed by atoms with E-state index in [1.807, 2.05) is 65.4 Å². The molecule has 0 saturated carbocycles. The zero-order valence-corrected chi connectivity index (χ0v) is 12.3. The molecule has 0 saturated heterocycles. The van der Waals surface area contributed by atoms with Gasteiger partial charge in [-0.05, 0) is 17.7 Å². The summed E-state index contributed by atoms with van der Waals surface area (Å²) < 4.78 is 13.7. The molecule has 3 aromatic rings. The molecular formula is C18H18N2O2. The van der Waals surface area contributed by atoms with Crippen LogP contribution < -0.4 is 9.47 Å². The second-order valence-corrected chi connectivity index (χ2v) is 4.87. The van der Waals surface area contributed by atoms with Gasteiger partial charge in [-0.15, -0.1) is 0 Å². The van der Waals surface area contributed by atoms with Crippen molar-refractivity contribution in [3.63, 3.8) is 0 Å². The summed E-state index contributed by atoms with van der Waals surface area (Å²) in [5.74, 6) is 1.52. The van der Waals surface area contributed by atoms with Crippen LogP contribution >= 0.6 is 0 Å². The first-order valence-corrected chi connectivity index (χ1v) is 7.26. The van der Waals surface area contributed by atoms with Crippen molar-refractivity contribution in [1.29, 1.82) is 0 Å². The van der Waals surface area contributed by atoms with Gasteiger partial charge in [-0.25, -0.2) is 4.98 Å². The Labute approximate surface area is 130 Å². The second kappa shape index (κ2) is 7.31. The summed E-state index contributed by atoms with van der Waals surface area (Å²) in [6, 6.07) is 17.8. The van der Waals surface area contributed by atoms with E-state index >= 15 is 0 Å². The Morgan fingerprint density at radius 1 is 0.864 bits per heavy atom. The molecule has 22 heavy (non-hydrogen) atoms. The van der Waals surface area contributed by atoms with E-state index in [4.69, 9.17) is 9.47 Å². The average Bonchev–Trinajstić information content (AvgIpc) is 3.08. The maximum Gasteiger partial charge on any atom is 0.161 e. The summed E-state index contributed by atoms with van der Waals surface area (Å²) >= 11 is 0. The number of nitrogens with zero attached hydrogens (tertiary/aromatic N) is 2. The minimum atomic E-state index is 0.530. The van der Waals surface area contributed by atoms with Crippen LogP contribution in [0.1, 0.15) is 5.56 Å². The summed E-state index contributed by atoms with van der Waals surface area (Å²) in [6.07, 6.45) is 5.46. The van der Waals surface area contributed by atoms with E-state index in [2.05, 4.69) is 4.98 Å². The highest BCUT2D eigenvalue weighted by molar-refractivity contribution is 5.39. The molecule has 0 N–H and O–H groups in total. The smallest absolute Gasteiger partial charge is 0.161 e. The van der Waals surface area contributed by atoms with Crippen molar-refractivity contribution < 1.29 is 9.47 Å². The fraction of sp³-hybridized carbons (Fsp3) is 0.167. The first kappa shape index (κ1) is 14.2. The molecule has 3 rings (SSSR count). The topological polar surface area (TPSA) is 36.3 Å². The Hall–Kier alpha value is -2.75. The molecule has 4 nitrogen and oxygen atoms in total. The van der Waals surface area contributed by atoms with Crippen LogP contribution in [-0.2, 0) is 13.2 Å². The zero-order chi connectivity index (χ0) is 15.0. The Balaban J connectivity index is 1.57. The van der Waals surface area contributed by atoms with E-state index in [0.29, 0.717) is 13.2 Å². The summed E-state index contributed by atoms with van der Waals surface area (Å²) in [5.41, 5.74) is 1.13. The van der Waals surface area contributed by atoms with Gasteiger partial charge in [0.05, 0.1) is 12.9 Å². The quantitative estimate of drug-likeness (QED) is 0.668. The molecule has 0 aliphatic heterocycles. The molecule has 0 radical (unpaired) electrons. The van der Waals surface area contributed by atoms with E-state index in [0.717, 1.165) is 23.6 Å². The maximum atomic E-state index is 5.87. The first-order chi connectivity index (χ1) is 10.9. The Morgan fingerprint density at radius 2 is 1.59 bits per heavy atom. The van der Waals surface area contributed by atoms with Crippen molar-refractivity contribution in [3.05, 3.63) is 78.9 Å². The van der Waals surface area contributed by atoms with Gasteiger partial charge >= 0.3 is 0 Å². The fourth-order valence-corrected chi connectivity index (χ4v) is 2.10. The van der Waals surface area contributed by atoms with Crippen LogP contribution in [0.3, 0.4) is 0 Å². The van der Waals surface area contributed by atoms with Crippen molar-refractivity contribution in [2.75, 3.05) is 6.61 Å². The van der Waals surface area contributed by atoms with Crippen LogP contribution in [0.4, 0.5) is 0 Å². The highest BCUT2D eigenvalue weighted by atomic mass is 16.5. The van der Waals surface area contributed by atoms with Crippen LogP contribution in [0.25, 0.3) is 0 Å². The number of benzene rings is 2. The number of para-hydroxylation sites is 2. The fourth-order valence-electron chi connectivity index (χ4n) is 2.10. The molecule has 0 unspecified atom stereocenters. The molecule has 0 fully saturated rings. The molecular weight excluding hydrogens is 276 g/mol. The number of imidazole rings is 1. The highest BCUT2D eigenvalue weighted by Crippen LogP contribution is 2.27. The standard InChI is InChI=1S/C18H18N2O2/c1-2-6-16(7-3-1)14-22-18-9-5-4-8-17(18)21-13-12-20-11-10-19-15-20/h1-11,15H,12-14H2. The molecule has 0 aliphatic carbocycles. The maximum absolute atomic E-state index is 5.87. The van der Waals surface area contributed by atoms with Gasteiger partial charge in [0.1, 0.15) is 13.2 Å². The van der Waals surface area contributed by atoms with Gasteiger partial charge in [0.2, 0.25) is 0 Å². The largest absolute Gasteiger partial charge is 0.488 e. The SMILES string of the molecule is c1ccc(COc2ccccc2OCCn2ccnc2)cc1. The third kappa shape index (κ3) is 3.88. The highest BCUT2D eigenvalue weighted by Gasteiger charge is 2.04. The molecule has 0 bridgehead atoms. The van der Waals surface area contributed by atoms with Gasteiger partial charge in [-0.3, -0.25) is 0 Å². The Morgan fingerprint density at radius 3 is 2.32 bits per heavy atom. The predicted octanol–water partition coefficient (Wildman–Crippen LogP) is 3.54. The number of aromatic nitrogens is 2. The summed E-state index contributed by atoms with van der Waals surface area (Å²) in [7, 11) is 0. The lowest BCUT2D eigenvalue weighted by Gasteiger charge is -2.13. The monoisotopic (exact) mass is 294 g/mol.